The molecule has 0 aromatic heterocycles. The summed E-state index contributed by atoms with van der Waals surface area (Å²) in [5, 5.41) is 10.8. The Kier molecular flexibility index (Phi) is 12.6. The Bertz CT molecular complexity index is 1070. The molecule has 0 saturated carbocycles. The first-order chi connectivity index (χ1) is 19.2. The number of aliphatic hydroxyl groups is 1. The van der Waals surface area contributed by atoms with Crippen molar-refractivity contribution < 1.29 is 14.3 Å². The molecule has 0 unspecified atom stereocenters. The van der Waals surface area contributed by atoms with Crippen LogP contribution in [-0.4, -0.2) is 43.7 Å². The molecular formula is C35H51NO3Si. The molecule has 0 fully saturated rings. The van der Waals surface area contributed by atoms with Gasteiger partial charge in [0.15, 0.2) is 8.32 Å². The van der Waals surface area contributed by atoms with E-state index in [-0.39, 0.29) is 18.7 Å². The van der Waals surface area contributed by atoms with Crippen LogP contribution in [0.15, 0.2) is 91.0 Å². The molecule has 1 N–H and O–H groups in total. The molecule has 3 aromatic rings. The third-order valence-electron chi connectivity index (χ3n) is 8.54. The van der Waals surface area contributed by atoms with Crippen molar-refractivity contribution in [2.45, 2.75) is 96.4 Å². The molecule has 0 aliphatic carbocycles. The van der Waals surface area contributed by atoms with Crippen LogP contribution in [0.25, 0.3) is 0 Å². The number of hydrogen-bond acceptors (Lipinski definition) is 4. The summed E-state index contributed by atoms with van der Waals surface area (Å²) in [6.07, 6.45) is -0.409. The fourth-order valence-electron chi connectivity index (χ4n) is 6.47. The summed E-state index contributed by atoms with van der Waals surface area (Å²) in [6.45, 7) is 17.8. The molecule has 0 aliphatic heterocycles. The van der Waals surface area contributed by atoms with E-state index in [4.69, 9.17) is 9.16 Å². The SMILES string of the molecule is CC(C)[Si](OC[C@H]([C@H](CO)OCc1ccccc1)N(Cc1ccccc1)[C@H](C)c1ccccc1)(C(C)C)C(C)C. The quantitative estimate of drug-likeness (QED) is 0.178. The predicted octanol–water partition coefficient (Wildman–Crippen LogP) is 8.39. The lowest BCUT2D eigenvalue weighted by Crippen LogP contribution is -2.55. The van der Waals surface area contributed by atoms with E-state index in [0.717, 1.165) is 12.1 Å². The van der Waals surface area contributed by atoms with Crippen molar-refractivity contribution in [3.05, 3.63) is 108 Å². The number of rotatable bonds is 16. The van der Waals surface area contributed by atoms with Crippen LogP contribution in [0.1, 0.15) is 71.2 Å². The molecule has 218 valence electrons. The third kappa shape index (κ3) is 8.14. The van der Waals surface area contributed by atoms with Gasteiger partial charge in [0.2, 0.25) is 0 Å². The molecule has 0 aliphatic rings. The van der Waals surface area contributed by atoms with Crippen LogP contribution >= 0.6 is 0 Å². The molecule has 0 saturated heterocycles. The summed E-state index contributed by atoms with van der Waals surface area (Å²) in [4.78, 5) is 2.48. The zero-order valence-electron chi connectivity index (χ0n) is 25.7. The summed E-state index contributed by atoms with van der Waals surface area (Å²) in [5.41, 5.74) is 4.99. The normalized spacial score (nSPS) is 14.7. The minimum atomic E-state index is -2.15. The molecule has 0 amide bonds. The Morgan fingerprint density at radius 2 is 1.15 bits per heavy atom. The Balaban J connectivity index is 2.04. The molecule has 0 bridgehead atoms. The first-order valence-electron chi connectivity index (χ1n) is 15.0. The van der Waals surface area contributed by atoms with Gasteiger partial charge in [0.05, 0.1) is 32.0 Å². The van der Waals surface area contributed by atoms with Gasteiger partial charge >= 0.3 is 0 Å². The third-order valence-corrected chi connectivity index (χ3v) is 14.6. The molecule has 40 heavy (non-hydrogen) atoms. The molecule has 5 heteroatoms. The highest BCUT2D eigenvalue weighted by Gasteiger charge is 2.46. The van der Waals surface area contributed by atoms with Crippen LogP contribution in [0, 0.1) is 0 Å². The van der Waals surface area contributed by atoms with Gasteiger partial charge in [-0.15, -0.1) is 0 Å². The van der Waals surface area contributed by atoms with Gasteiger partial charge in [-0.1, -0.05) is 133 Å². The van der Waals surface area contributed by atoms with E-state index >= 15 is 0 Å². The van der Waals surface area contributed by atoms with Crippen molar-refractivity contribution >= 4 is 8.32 Å². The van der Waals surface area contributed by atoms with E-state index in [2.05, 4.69) is 126 Å². The van der Waals surface area contributed by atoms with Gasteiger partial charge in [-0.2, -0.15) is 0 Å². The second kappa shape index (κ2) is 15.6. The van der Waals surface area contributed by atoms with Gasteiger partial charge in [-0.25, -0.2) is 0 Å². The predicted molar refractivity (Wildman–Crippen MR) is 170 cm³/mol. The summed E-state index contributed by atoms with van der Waals surface area (Å²) in [5.74, 6) is 0. The summed E-state index contributed by atoms with van der Waals surface area (Å²) < 4.78 is 13.8. The van der Waals surface area contributed by atoms with Crippen molar-refractivity contribution in [3.8, 4) is 0 Å². The Morgan fingerprint density at radius 3 is 1.62 bits per heavy atom. The van der Waals surface area contributed by atoms with Gasteiger partial charge in [-0.3, -0.25) is 4.90 Å². The van der Waals surface area contributed by atoms with Gasteiger partial charge in [0.25, 0.3) is 0 Å². The Labute approximate surface area is 244 Å². The van der Waals surface area contributed by atoms with Gasteiger partial charge in [0, 0.05) is 12.6 Å². The van der Waals surface area contributed by atoms with Crippen LogP contribution < -0.4 is 0 Å². The second-order valence-electron chi connectivity index (χ2n) is 12.0. The second-order valence-corrected chi connectivity index (χ2v) is 17.4. The van der Waals surface area contributed by atoms with E-state index in [9.17, 15) is 5.11 Å². The molecular weight excluding hydrogens is 510 g/mol. The lowest BCUT2D eigenvalue weighted by molar-refractivity contribution is -0.0764. The maximum Gasteiger partial charge on any atom is 0.200 e. The highest BCUT2D eigenvalue weighted by molar-refractivity contribution is 6.77. The highest BCUT2D eigenvalue weighted by atomic mass is 28.4. The summed E-state index contributed by atoms with van der Waals surface area (Å²) in [7, 11) is -2.15. The number of hydrogen-bond donors (Lipinski definition) is 1. The average molecular weight is 562 g/mol. The minimum Gasteiger partial charge on any atom is -0.414 e. The van der Waals surface area contributed by atoms with Crippen LogP contribution in [0.5, 0.6) is 0 Å². The first-order valence-corrected chi connectivity index (χ1v) is 17.1. The lowest BCUT2D eigenvalue weighted by atomic mass is 10.0. The van der Waals surface area contributed by atoms with Gasteiger partial charge in [-0.05, 0) is 40.2 Å². The van der Waals surface area contributed by atoms with E-state index in [1.54, 1.807) is 0 Å². The molecule has 0 spiro atoms. The standard InChI is InChI=1S/C35H51NO3Si/c1-27(2)40(28(3)4,29(5)6)39-26-34(35(24-37)38-25-32-19-13-9-14-20-32)36(23-31-17-11-8-12-18-31)30(7)33-21-15-10-16-22-33/h8-22,27-30,34-35,37H,23-26H2,1-7H3/t30-,34-,35+/m1/s1. The molecule has 0 heterocycles. The van der Waals surface area contributed by atoms with Crippen LogP contribution in [0.3, 0.4) is 0 Å². The smallest absolute Gasteiger partial charge is 0.200 e. The van der Waals surface area contributed by atoms with Gasteiger partial charge < -0.3 is 14.3 Å². The zero-order valence-corrected chi connectivity index (χ0v) is 26.7. The Hall–Kier alpha value is -2.28. The fraction of sp³-hybridized carbons (Fsp3) is 0.486. The number of aliphatic hydroxyl groups excluding tert-OH is 1. The topological polar surface area (TPSA) is 41.9 Å². The van der Waals surface area contributed by atoms with Crippen LogP contribution in [0.2, 0.25) is 16.6 Å². The first kappa shape index (κ1) is 32.2. The molecule has 3 rings (SSSR count). The number of nitrogens with zero attached hydrogens (tertiary/aromatic N) is 1. The van der Waals surface area contributed by atoms with Crippen LogP contribution in [0.4, 0.5) is 0 Å². The van der Waals surface area contributed by atoms with Crippen molar-refractivity contribution in [2.75, 3.05) is 13.2 Å². The molecule has 4 nitrogen and oxygen atoms in total. The zero-order chi connectivity index (χ0) is 29.1. The summed E-state index contributed by atoms with van der Waals surface area (Å²) >= 11 is 0. The van der Waals surface area contributed by atoms with Gasteiger partial charge in [0.1, 0.15) is 0 Å². The van der Waals surface area contributed by atoms with Crippen molar-refractivity contribution in [1.82, 2.24) is 4.90 Å². The monoisotopic (exact) mass is 561 g/mol. The average Bonchev–Trinajstić information content (AvgIpc) is 2.96. The van der Waals surface area contributed by atoms with E-state index in [1.807, 2.05) is 18.2 Å². The van der Waals surface area contributed by atoms with E-state index in [1.165, 1.54) is 11.1 Å². The largest absolute Gasteiger partial charge is 0.414 e. The van der Waals surface area contributed by atoms with E-state index < -0.39 is 14.4 Å². The molecule has 0 radical (unpaired) electrons. The number of ether oxygens (including phenoxy) is 1. The van der Waals surface area contributed by atoms with Crippen molar-refractivity contribution in [3.63, 3.8) is 0 Å². The fourth-order valence-corrected chi connectivity index (χ4v) is 11.9. The van der Waals surface area contributed by atoms with Crippen LogP contribution in [-0.2, 0) is 22.3 Å². The molecule has 3 atom stereocenters. The van der Waals surface area contributed by atoms with E-state index in [0.29, 0.717) is 29.8 Å². The van der Waals surface area contributed by atoms with Crippen molar-refractivity contribution in [2.24, 2.45) is 0 Å². The molecule has 3 aromatic carbocycles. The summed E-state index contributed by atoms with van der Waals surface area (Å²) in [6, 6.07) is 31.4. The maximum atomic E-state index is 10.8. The minimum absolute atomic E-state index is 0.0761. The number of benzene rings is 3. The maximum absolute atomic E-state index is 10.8. The van der Waals surface area contributed by atoms with Crippen molar-refractivity contribution in [1.29, 1.82) is 0 Å². The lowest BCUT2D eigenvalue weighted by Gasteiger charge is -2.46. The highest BCUT2D eigenvalue weighted by Crippen LogP contribution is 2.43. The Morgan fingerprint density at radius 1 is 0.675 bits per heavy atom.